The molecule has 0 N–H and O–H groups in total. The molecule has 1 saturated carbocycles. The largest absolute Gasteiger partial charge is 0.372 e. The quantitative estimate of drug-likeness (QED) is 0.675. The van der Waals surface area contributed by atoms with Gasteiger partial charge in [-0.2, -0.15) is 12.6 Å². The molecular weight excluding hydrogens is 180 g/mol. The van der Waals surface area contributed by atoms with Crippen molar-refractivity contribution >= 4 is 12.6 Å². The molecule has 1 aliphatic heterocycles. The van der Waals surface area contributed by atoms with Crippen molar-refractivity contribution in [2.24, 2.45) is 0 Å². The predicted molar refractivity (Wildman–Crippen MR) is 60.5 cm³/mol. The fraction of sp³-hybridized carbons (Fsp3) is 1.00. The van der Waals surface area contributed by atoms with Gasteiger partial charge in [0.25, 0.3) is 0 Å². The Morgan fingerprint density at radius 3 is 2.31 bits per heavy atom. The fourth-order valence-corrected chi connectivity index (χ4v) is 2.31. The highest BCUT2D eigenvalue weighted by Crippen LogP contribution is 2.48. The molecular formula is C11H22OS. The number of ether oxygens (including phenoxy) is 1. The standard InChI is InChI=1S/C10H18OS.CH4/c1-9(2)4-3-8(11-9)7-10(12)5-6-10;/h8,12H,3-7H2,1-2H3;1H4. The summed E-state index contributed by atoms with van der Waals surface area (Å²) >= 11 is 4.62. The van der Waals surface area contributed by atoms with Gasteiger partial charge in [-0.05, 0) is 46.0 Å². The van der Waals surface area contributed by atoms with E-state index in [0.717, 1.165) is 0 Å². The Labute approximate surface area is 87.7 Å². The number of thiol groups is 1. The molecule has 2 rings (SSSR count). The van der Waals surface area contributed by atoms with E-state index in [1.807, 2.05) is 0 Å². The Kier molecular flexibility index (Phi) is 3.04. The Morgan fingerprint density at radius 1 is 1.31 bits per heavy atom. The van der Waals surface area contributed by atoms with Gasteiger partial charge in [-0.15, -0.1) is 0 Å². The minimum atomic E-state index is 0. The summed E-state index contributed by atoms with van der Waals surface area (Å²) in [6.45, 7) is 4.37. The maximum Gasteiger partial charge on any atom is 0.0631 e. The molecule has 2 fully saturated rings. The summed E-state index contributed by atoms with van der Waals surface area (Å²) in [7, 11) is 0. The molecule has 1 nitrogen and oxygen atoms in total. The summed E-state index contributed by atoms with van der Waals surface area (Å²) < 4.78 is 6.27. The Morgan fingerprint density at radius 2 is 1.92 bits per heavy atom. The average Bonchev–Trinajstić information content (AvgIpc) is 2.53. The molecule has 2 heteroatoms. The van der Waals surface area contributed by atoms with Crippen molar-refractivity contribution in [2.45, 2.75) is 69.8 Å². The Bertz CT molecular complexity index is 185. The predicted octanol–water partition coefficient (Wildman–Crippen LogP) is 3.43. The van der Waals surface area contributed by atoms with Crippen molar-refractivity contribution < 1.29 is 4.74 Å². The van der Waals surface area contributed by atoms with Gasteiger partial charge in [-0.25, -0.2) is 0 Å². The summed E-state index contributed by atoms with van der Waals surface area (Å²) in [4.78, 5) is 0. The van der Waals surface area contributed by atoms with Crippen LogP contribution in [0.5, 0.6) is 0 Å². The molecule has 2 aliphatic rings. The minimum absolute atomic E-state index is 0. The van der Waals surface area contributed by atoms with E-state index in [1.165, 1.54) is 32.1 Å². The summed E-state index contributed by atoms with van der Waals surface area (Å²) in [6.07, 6.45) is 6.67. The van der Waals surface area contributed by atoms with E-state index in [-0.39, 0.29) is 13.0 Å². The first-order valence-corrected chi connectivity index (χ1v) is 5.34. The second-order valence-corrected chi connectivity index (χ2v) is 5.92. The summed E-state index contributed by atoms with van der Waals surface area (Å²) in [6, 6.07) is 0. The first kappa shape index (κ1) is 11.4. The van der Waals surface area contributed by atoms with Gasteiger partial charge in [-0.3, -0.25) is 0 Å². The second kappa shape index (κ2) is 3.47. The van der Waals surface area contributed by atoms with Crippen molar-refractivity contribution in [3.8, 4) is 0 Å². The number of rotatable bonds is 2. The van der Waals surface area contributed by atoms with E-state index in [9.17, 15) is 0 Å². The number of hydrogen-bond donors (Lipinski definition) is 1. The van der Waals surface area contributed by atoms with E-state index < -0.39 is 0 Å². The van der Waals surface area contributed by atoms with Crippen molar-refractivity contribution in [2.75, 3.05) is 0 Å². The fourth-order valence-electron chi connectivity index (χ4n) is 1.99. The molecule has 78 valence electrons. The van der Waals surface area contributed by atoms with Crippen LogP contribution >= 0.6 is 12.6 Å². The van der Waals surface area contributed by atoms with Crippen LogP contribution in [0.4, 0.5) is 0 Å². The summed E-state index contributed by atoms with van der Waals surface area (Å²) in [5.41, 5.74) is 0.129. The van der Waals surface area contributed by atoms with Gasteiger partial charge in [-0.1, -0.05) is 7.43 Å². The number of hydrogen-bond acceptors (Lipinski definition) is 2. The van der Waals surface area contributed by atoms with Crippen LogP contribution in [-0.4, -0.2) is 16.5 Å². The highest BCUT2D eigenvalue weighted by molar-refractivity contribution is 7.82. The van der Waals surface area contributed by atoms with Crippen LogP contribution in [0.2, 0.25) is 0 Å². The van der Waals surface area contributed by atoms with Crippen LogP contribution in [0, 0.1) is 0 Å². The lowest BCUT2D eigenvalue weighted by Crippen LogP contribution is -2.22. The van der Waals surface area contributed by atoms with E-state index in [2.05, 4.69) is 26.5 Å². The zero-order chi connectivity index (χ0) is 8.82. The van der Waals surface area contributed by atoms with Gasteiger partial charge in [0.1, 0.15) is 0 Å². The van der Waals surface area contributed by atoms with Gasteiger partial charge in [0, 0.05) is 4.75 Å². The van der Waals surface area contributed by atoms with Crippen LogP contribution in [0.1, 0.15) is 53.4 Å². The highest BCUT2D eigenvalue weighted by Gasteiger charge is 2.43. The Balaban J connectivity index is 0.000000845. The molecule has 0 aromatic rings. The molecule has 0 bridgehead atoms. The molecule has 0 radical (unpaired) electrons. The lowest BCUT2D eigenvalue weighted by molar-refractivity contribution is -0.0189. The van der Waals surface area contributed by atoms with Crippen molar-refractivity contribution in [3.63, 3.8) is 0 Å². The minimum Gasteiger partial charge on any atom is -0.372 e. The normalized spacial score (nSPS) is 33.9. The van der Waals surface area contributed by atoms with Gasteiger partial charge in [0.05, 0.1) is 11.7 Å². The van der Waals surface area contributed by atoms with Crippen molar-refractivity contribution in [1.29, 1.82) is 0 Å². The van der Waals surface area contributed by atoms with Crippen LogP contribution in [-0.2, 0) is 4.74 Å². The first-order chi connectivity index (χ1) is 5.49. The molecule has 1 aliphatic carbocycles. The highest BCUT2D eigenvalue weighted by atomic mass is 32.1. The average molecular weight is 202 g/mol. The smallest absolute Gasteiger partial charge is 0.0631 e. The van der Waals surface area contributed by atoms with Crippen LogP contribution in [0.3, 0.4) is 0 Å². The molecule has 0 spiro atoms. The molecule has 0 aromatic carbocycles. The SMILES string of the molecule is C.CC1(C)CCC(CC2(S)CC2)O1. The summed E-state index contributed by atoms with van der Waals surface area (Å²) in [5, 5.41) is 0. The van der Waals surface area contributed by atoms with E-state index >= 15 is 0 Å². The van der Waals surface area contributed by atoms with Crippen LogP contribution in [0.25, 0.3) is 0 Å². The third-order valence-electron chi connectivity index (χ3n) is 2.99. The second-order valence-electron chi connectivity index (χ2n) is 4.97. The summed E-state index contributed by atoms with van der Waals surface area (Å²) in [5.74, 6) is 0. The zero-order valence-electron chi connectivity index (χ0n) is 7.97. The molecule has 1 atom stereocenters. The maximum atomic E-state index is 5.92. The monoisotopic (exact) mass is 202 g/mol. The molecule has 1 unspecified atom stereocenters. The maximum absolute atomic E-state index is 5.92. The van der Waals surface area contributed by atoms with E-state index in [0.29, 0.717) is 10.9 Å². The van der Waals surface area contributed by atoms with E-state index in [1.54, 1.807) is 0 Å². The van der Waals surface area contributed by atoms with Gasteiger partial charge in [0.2, 0.25) is 0 Å². The Hall–Kier alpha value is 0.310. The van der Waals surface area contributed by atoms with Crippen molar-refractivity contribution in [3.05, 3.63) is 0 Å². The van der Waals surface area contributed by atoms with Crippen molar-refractivity contribution in [1.82, 2.24) is 0 Å². The first-order valence-electron chi connectivity index (χ1n) is 4.89. The molecule has 0 amide bonds. The third kappa shape index (κ3) is 2.88. The van der Waals surface area contributed by atoms with Gasteiger partial charge >= 0.3 is 0 Å². The lowest BCUT2D eigenvalue weighted by atomic mass is 10.0. The van der Waals surface area contributed by atoms with Crippen LogP contribution < -0.4 is 0 Å². The van der Waals surface area contributed by atoms with Gasteiger partial charge in [0.15, 0.2) is 0 Å². The van der Waals surface area contributed by atoms with Crippen LogP contribution in [0.15, 0.2) is 0 Å². The molecule has 0 aromatic heterocycles. The topological polar surface area (TPSA) is 9.23 Å². The zero-order valence-corrected chi connectivity index (χ0v) is 8.86. The van der Waals surface area contributed by atoms with Gasteiger partial charge < -0.3 is 4.74 Å². The molecule has 1 saturated heterocycles. The molecule has 1 heterocycles. The molecule has 13 heavy (non-hydrogen) atoms. The lowest BCUT2D eigenvalue weighted by Gasteiger charge is -2.20. The van der Waals surface area contributed by atoms with E-state index in [4.69, 9.17) is 4.74 Å². The third-order valence-corrected chi connectivity index (χ3v) is 3.62.